The highest BCUT2D eigenvalue weighted by molar-refractivity contribution is 6.30. The van der Waals surface area contributed by atoms with E-state index in [0.717, 1.165) is 48.0 Å². The van der Waals surface area contributed by atoms with Gasteiger partial charge < -0.3 is 13.7 Å². The molecule has 2 fully saturated rings. The number of oxazole rings is 1. The maximum absolute atomic E-state index is 6.12. The second-order valence-electron chi connectivity index (χ2n) is 10.0. The topological polar surface area (TPSA) is 53.1 Å². The fourth-order valence-electron chi connectivity index (χ4n) is 5.73. The third-order valence-electron chi connectivity index (χ3n) is 7.70. The molecule has 2 aliphatic rings. The van der Waals surface area contributed by atoms with E-state index in [-0.39, 0.29) is 0 Å². The summed E-state index contributed by atoms with van der Waals surface area (Å²) >= 11 is 6.03. The van der Waals surface area contributed by atoms with E-state index in [9.17, 15) is 0 Å². The van der Waals surface area contributed by atoms with Gasteiger partial charge in [-0.2, -0.15) is 0 Å². The van der Waals surface area contributed by atoms with E-state index < -0.39 is 0 Å². The zero-order valence-corrected chi connectivity index (χ0v) is 20.8. The minimum atomic E-state index is 0.558. The average Bonchev–Trinajstić information content (AvgIpc) is 3.54. The molecule has 1 saturated heterocycles. The molecular formula is C29H32ClN3O2. The number of aromatic nitrogens is 3. The molecule has 2 aromatic carbocycles. The highest BCUT2D eigenvalue weighted by Gasteiger charge is 2.23. The van der Waals surface area contributed by atoms with Crippen LogP contribution in [0.2, 0.25) is 5.02 Å². The Balaban J connectivity index is 1.31. The predicted molar refractivity (Wildman–Crippen MR) is 140 cm³/mol. The van der Waals surface area contributed by atoms with Gasteiger partial charge in [-0.15, -0.1) is 0 Å². The zero-order chi connectivity index (χ0) is 23.6. The highest BCUT2D eigenvalue weighted by atomic mass is 35.5. The smallest absolute Gasteiger partial charge is 0.226 e. The van der Waals surface area contributed by atoms with Crippen molar-refractivity contribution in [3.8, 4) is 22.8 Å². The van der Waals surface area contributed by atoms with Crippen LogP contribution >= 0.6 is 11.6 Å². The van der Waals surface area contributed by atoms with E-state index in [4.69, 9.17) is 25.7 Å². The van der Waals surface area contributed by atoms with Gasteiger partial charge in [-0.25, -0.2) is 9.97 Å². The second kappa shape index (κ2) is 10.2. The van der Waals surface area contributed by atoms with Gasteiger partial charge >= 0.3 is 0 Å². The van der Waals surface area contributed by atoms with Gasteiger partial charge in [0.2, 0.25) is 5.89 Å². The molecule has 2 aromatic heterocycles. The number of aryl methyl sites for hydroxylation is 1. The summed E-state index contributed by atoms with van der Waals surface area (Å²) in [6.07, 6.45) is 12.8. The van der Waals surface area contributed by atoms with Gasteiger partial charge in [0.15, 0.2) is 5.76 Å². The Bertz CT molecular complexity index is 1280. The van der Waals surface area contributed by atoms with Crippen LogP contribution in [0.3, 0.4) is 0 Å². The highest BCUT2D eigenvalue weighted by Crippen LogP contribution is 2.35. The van der Waals surface area contributed by atoms with Crippen LogP contribution in [0.5, 0.6) is 0 Å². The van der Waals surface area contributed by atoms with E-state index in [1.54, 1.807) is 6.20 Å². The number of halogens is 1. The maximum Gasteiger partial charge on any atom is 0.226 e. The molecule has 0 amide bonds. The third kappa shape index (κ3) is 4.89. The predicted octanol–water partition coefficient (Wildman–Crippen LogP) is 7.88. The van der Waals surface area contributed by atoms with Gasteiger partial charge in [0.25, 0.3) is 0 Å². The number of benzene rings is 2. The van der Waals surface area contributed by atoms with Gasteiger partial charge in [-0.3, -0.25) is 0 Å². The summed E-state index contributed by atoms with van der Waals surface area (Å²) in [6, 6.07) is 14.7. The van der Waals surface area contributed by atoms with Gasteiger partial charge in [-0.1, -0.05) is 30.9 Å². The minimum Gasteiger partial charge on any atom is -0.436 e. The lowest BCUT2D eigenvalue weighted by molar-refractivity contribution is 0.0637. The Morgan fingerprint density at radius 2 is 1.69 bits per heavy atom. The summed E-state index contributed by atoms with van der Waals surface area (Å²) in [4.78, 5) is 9.74. The molecule has 0 spiro atoms. The first-order valence-electron chi connectivity index (χ1n) is 13.1. The van der Waals surface area contributed by atoms with Gasteiger partial charge in [0.05, 0.1) is 17.2 Å². The number of hydrogen-bond acceptors (Lipinski definition) is 4. The van der Waals surface area contributed by atoms with Gasteiger partial charge in [0, 0.05) is 41.8 Å². The van der Waals surface area contributed by atoms with Gasteiger partial charge in [0.1, 0.15) is 5.82 Å². The molecule has 0 N–H and O–H groups in total. The molecule has 0 unspecified atom stereocenters. The lowest BCUT2D eigenvalue weighted by atomic mass is 9.93. The second-order valence-corrected chi connectivity index (χ2v) is 10.5. The van der Waals surface area contributed by atoms with Crippen LogP contribution in [0, 0.1) is 5.92 Å². The molecule has 182 valence electrons. The summed E-state index contributed by atoms with van der Waals surface area (Å²) in [7, 11) is 0. The van der Waals surface area contributed by atoms with Crippen LogP contribution in [0.1, 0.15) is 63.2 Å². The number of rotatable bonds is 6. The SMILES string of the molecule is Clc1ccc(-c2cnc(-c3ccc4c(c3)nc(CCC3CCOCC3)n4C3CCCCC3)o2)cc1. The van der Waals surface area contributed by atoms with Crippen LogP contribution in [0.4, 0.5) is 0 Å². The minimum absolute atomic E-state index is 0.558. The molecule has 35 heavy (non-hydrogen) atoms. The van der Waals surface area contributed by atoms with E-state index in [0.29, 0.717) is 17.0 Å². The first-order valence-corrected chi connectivity index (χ1v) is 13.4. The number of fused-ring (bicyclic) bond motifs is 1. The number of nitrogens with zero attached hydrogens (tertiary/aromatic N) is 3. The Kier molecular flexibility index (Phi) is 6.62. The molecule has 1 aliphatic carbocycles. The van der Waals surface area contributed by atoms with Crippen molar-refractivity contribution >= 4 is 22.6 Å². The van der Waals surface area contributed by atoms with Crippen LogP contribution in [-0.4, -0.2) is 27.7 Å². The summed E-state index contributed by atoms with van der Waals surface area (Å²) < 4.78 is 14.3. The monoisotopic (exact) mass is 489 g/mol. The summed E-state index contributed by atoms with van der Waals surface area (Å²) in [5.74, 6) is 3.34. The summed E-state index contributed by atoms with van der Waals surface area (Å²) in [5, 5.41) is 0.708. The maximum atomic E-state index is 6.12. The molecule has 0 bridgehead atoms. The van der Waals surface area contributed by atoms with Crippen molar-refractivity contribution in [1.29, 1.82) is 0 Å². The largest absolute Gasteiger partial charge is 0.436 e. The number of ether oxygens (including phenoxy) is 1. The van der Waals surface area contributed by atoms with Crippen molar-refractivity contribution in [2.24, 2.45) is 5.92 Å². The van der Waals surface area contributed by atoms with Gasteiger partial charge in [-0.05, 0) is 80.5 Å². The average molecular weight is 490 g/mol. The lowest BCUT2D eigenvalue weighted by Crippen LogP contribution is -2.19. The molecular weight excluding hydrogens is 458 g/mol. The standard InChI is InChI=1S/C29H32ClN3O2/c30-23-10-7-21(8-11-23)27-19-31-29(35-27)22-9-12-26-25(18-22)32-28(13-6-20-14-16-34-17-15-20)33(26)24-4-2-1-3-5-24/h7-12,18-20,24H,1-6,13-17H2. The normalized spacial score (nSPS) is 17.9. The Morgan fingerprint density at radius 1 is 0.914 bits per heavy atom. The van der Waals surface area contributed by atoms with Crippen molar-refractivity contribution in [3.05, 3.63) is 59.5 Å². The zero-order valence-electron chi connectivity index (χ0n) is 20.1. The van der Waals surface area contributed by atoms with E-state index >= 15 is 0 Å². The Hall–Kier alpha value is -2.63. The molecule has 4 aromatic rings. The Morgan fingerprint density at radius 3 is 2.49 bits per heavy atom. The molecule has 0 atom stereocenters. The first kappa shape index (κ1) is 22.8. The van der Waals surface area contributed by atoms with Crippen molar-refractivity contribution < 1.29 is 9.15 Å². The molecule has 3 heterocycles. The summed E-state index contributed by atoms with van der Waals surface area (Å²) in [6.45, 7) is 1.81. The van der Waals surface area contributed by atoms with Crippen LogP contribution in [0.25, 0.3) is 33.8 Å². The fourth-order valence-corrected chi connectivity index (χ4v) is 5.85. The van der Waals surface area contributed by atoms with Crippen LogP contribution in [0.15, 0.2) is 53.1 Å². The molecule has 0 radical (unpaired) electrons. The van der Waals surface area contributed by atoms with E-state index in [1.165, 1.54) is 62.7 Å². The van der Waals surface area contributed by atoms with Crippen molar-refractivity contribution in [2.75, 3.05) is 13.2 Å². The quantitative estimate of drug-likeness (QED) is 0.276. The molecule has 1 saturated carbocycles. The molecule has 6 rings (SSSR count). The molecule has 5 nitrogen and oxygen atoms in total. The number of imidazole rings is 1. The Labute approximate surface area is 211 Å². The van der Waals surface area contributed by atoms with Crippen LogP contribution in [-0.2, 0) is 11.2 Å². The molecule has 1 aliphatic heterocycles. The van der Waals surface area contributed by atoms with Crippen molar-refractivity contribution in [2.45, 2.75) is 63.8 Å². The fraction of sp³-hybridized carbons (Fsp3) is 0.448. The lowest BCUT2D eigenvalue weighted by Gasteiger charge is -2.26. The van der Waals surface area contributed by atoms with Crippen molar-refractivity contribution in [3.63, 3.8) is 0 Å². The van der Waals surface area contributed by atoms with E-state index in [2.05, 4.69) is 27.8 Å². The first-order chi connectivity index (χ1) is 17.2. The van der Waals surface area contributed by atoms with Crippen LogP contribution < -0.4 is 0 Å². The summed E-state index contributed by atoms with van der Waals surface area (Å²) in [5.41, 5.74) is 4.21. The number of hydrogen-bond donors (Lipinski definition) is 0. The molecule has 6 heteroatoms. The van der Waals surface area contributed by atoms with E-state index in [1.807, 2.05) is 24.3 Å². The van der Waals surface area contributed by atoms with Crippen molar-refractivity contribution in [1.82, 2.24) is 14.5 Å². The third-order valence-corrected chi connectivity index (χ3v) is 7.95.